The number of hydrogen-bond donors (Lipinski definition) is 1. The van der Waals surface area contributed by atoms with Gasteiger partial charge in [0.1, 0.15) is 0 Å². The highest BCUT2D eigenvalue weighted by molar-refractivity contribution is 7.92. The molecule has 1 amide bonds. The van der Waals surface area contributed by atoms with Crippen molar-refractivity contribution in [3.8, 4) is 10.7 Å². The van der Waals surface area contributed by atoms with Crippen molar-refractivity contribution < 1.29 is 17.7 Å². The molecule has 0 fully saturated rings. The Morgan fingerprint density at radius 2 is 1.91 bits per heavy atom. The molecule has 164 valence electrons. The normalized spacial score (nSPS) is 11.3. The molecule has 4 rings (SSSR count). The molecule has 0 aliphatic rings. The van der Waals surface area contributed by atoms with Crippen LogP contribution in [0.3, 0.4) is 0 Å². The fraction of sp³-hybridized carbons (Fsp3) is 0.136. The number of rotatable bonds is 8. The van der Waals surface area contributed by atoms with E-state index in [9.17, 15) is 13.2 Å². The zero-order valence-corrected chi connectivity index (χ0v) is 18.8. The molecule has 0 unspecified atom stereocenters. The molecule has 0 saturated carbocycles. The van der Waals surface area contributed by atoms with Crippen molar-refractivity contribution in [1.29, 1.82) is 0 Å². The van der Waals surface area contributed by atoms with Crippen LogP contribution in [0.15, 0.2) is 81.5 Å². The lowest BCUT2D eigenvalue weighted by atomic mass is 10.2. The summed E-state index contributed by atoms with van der Waals surface area (Å²) in [6, 6.07) is 18.7. The van der Waals surface area contributed by atoms with Gasteiger partial charge in [-0.15, -0.1) is 11.3 Å². The summed E-state index contributed by atoms with van der Waals surface area (Å²) >= 11 is 1.50. The second kappa shape index (κ2) is 9.33. The third kappa shape index (κ3) is 4.87. The summed E-state index contributed by atoms with van der Waals surface area (Å²) in [6.07, 6.45) is 0.395. The van der Waals surface area contributed by atoms with Gasteiger partial charge in [-0.1, -0.05) is 35.5 Å². The van der Waals surface area contributed by atoms with Gasteiger partial charge in [0, 0.05) is 25.6 Å². The van der Waals surface area contributed by atoms with Crippen LogP contribution in [-0.4, -0.2) is 31.5 Å². The van der Waals surface area contributed by atoms with E-state index in [0.717, 1.165) is 4.88 Å². The van der Waals surface area contributed by atoms with Crippen LogP contribution in [0.2, 0.25) is 0 Å². The van der Waals surface area contributed by atoms with Gasteiger partial charge in [-0.05, 0) is 41.8 Å². The molecule has 0 spiro atoms. The molecule has 0 atom stereocenters. The maximum Gasteiger partial charge on any atom is 0.264 e. The highest BCUT2D eigenvalue weighted by atomic mass is 32.2. The predicted octanol–water partition coefficient (Wildman–Crippen LogP) is 4.19. The maximum atomic E-state index is 13.0. The maximum absolute atomic E-state index is 13.0. The lowest BCUT2D eigenvalue weighted by Gasteiger charge is -2.19. The van der Waals surface area contributed by atoms with Crippen molar-refractivity contribution in [2.45, 2.75) is 17.7 Å². The molecule has 32 heavy (non-hydrogen) atoms. The first-order valence-corrected chi connectivity index (χ1v) is 12.1. The number of benzene rings is 2. The van der Waals surface area contributed by atoms with Gasteiger partial charge in [-0.3, -0.25) is 9.10 Å². The molecule has 10 heteroatoms. The van der Waals surface area contributed by atoms with Crippen LogP contribution in [0.4, 0.5) is 11.4 Å². The standard InChI is InChI=1S/C22H20N4O4S2/c1-26(17-8-3-2-4-9-17)32(28,29)18-10-5-7-16(15-18)23-20(27)12-13-21-24-22(25-30-21)19-11-6-14-31-19/h2-11,14-15H,12-13H2,1H3,(H,23,27). The van der Waals surface area contributed by atoms with Crippen LogP contribution in [-0.2, 0) is 21.2 Å². The molecular formula is C22H20N4O4S2. The van der Waals surface area contributed by atoms with E-state index in [4.69, 9.17) is 4.52 Å². The molecular weight excluding hydrogens is 448 g/mol. The van der Waals surface area contributed by atoms with Gasteiger partial charge in [0.15, 0.2) is 0 Å². The third-order valence-corrected chi connectivity index (χ3v) is 7.32. The number of aromatic nitrogens is 2. The Labute approximate surface area is 189 Å². The van der Waals surface area contributed by atoms with E-state index in [1.807, 2.05) is 23.6 Å². The van der Waals surface area contributed by atoms with E-state index in [1.165, 1.54) is 34.8 Å². The molecule has 2 heterocycles. The minimum atomic E-state index is -3.77. The predicted molar refractivity (Wildman–Crippen MR) is 123 cm³/mol. The van der Waals surface area contributed by atoms with Crippen molar-refractivity contribution in [2.24, 2.45) is 0 Å². The first-order valence-electron chi connectivity index (χ1n) is 9.74. The van der Waals surface area contributed by atoms with E-state index >= 15 is 0 Å². The first kappa shape index (κ1) is 21.7. The molecule has 1 N–H and O–H groups in total. The van der Waals surface area contributed by atoms with Crippen molar-refractivity contribution in [1.82, 2.24) is 10.1 Å². The summed E-state index contributed by atoms with van der Waals surface area (Å²) in [7, 11) is -2.28. The smallest absolute Gasteiger partial charge is 0.264 e. The summed E-state index contributed by atoms with van der Waals surface area (Å²) in [4.78, 5) is 17.6. The SMILES string of the molecule is CN(c1ccccc1)S(=O)(=O)c1cccc(NC(=O)CCc2nc(-c3cccs3)no2)c1. The topological polar surface area (TPSA) is 105 Å². The van der Waals surface area contributed by atoms with Crippen LogP contribution in [0, 0.1) is 0 Å². The number of para-hydroxylation sites is 1. The summed E-state index contributed by atoms with van der Waals surface area (Å²) in [5, 5.41) is 8.57. The van der Waals surface area contributed by atoms with E-state index < -0.39 is 10.0 Å². The lowest BCUT2D eigenvalue weighted by Crippen LogP contribution is -2.26. The number of nitrogens with one attached hydrogen (secondary N) is 1. The fourth-order valence-electron chi connectivity index (χ4n) is 2.98. The Kier molecular flexibility index (Phi) is 6.33. The second-order valence-corrected chi connectivity index (χ2v) is 9.79. The monoisotopic (exact) mass is 468 g/mol. The van der Waals surface area contributed by atoms with Gasteiger partial charge in [-0.2, -0.15) is 4.98 Å². The highest BCUT2D eigenvalue weighted by Gasteiger charge is 2.21. The van der Waals surface area contributed by atoms with Crippen LogP contribution in [0.1, 0.15) is 12.3 Å². The van der Waals surface area contributed by atoms with E-state index in [1.54, 1.807) is 36.4 Å². The molecule has 0 aliphatic carbocycles. The molecule has 2 aromatic heterocycles. The van der Waals surface area contributed by atoms with Crippen molar-refractivity contribution in [3.63, 3.8) is 0 Å². The zero-order chi connectivity index (χ0) is 22.6. The van der Waals surface area contributed by atoms with Crippen LogP contribution in [0.25, 0.3) is 10.7 Å². The van der Waals surface area contributed by atoms with Crippen LogP contribution in [0.5, 0.6) is 0 Å². The zero-order valence-electron chi connectivity index (χ0n) is 17.1. The number of amides is 1. The number of sulfonamides is 1. The quantitative estimate of drug-likeness (QED) is 0.416. The molecule has 8 nitrogen and oxygen atoms in total. The largest absolute Gasteiger partial charge is 0.339 e. The van der Waals surface area contributed by atoms with Gasteiger partial charge in [-0.25, -0.2) is 8.42 Å². The van der Waals surface area contributed by atoms with Gasteiger partial charge in [0.2, 0.25) is 17.6 Å². The summed E-state index contributed by atoms with van der Waals surface area (Å²) < 4.78 is 32.3. The first-order chi connectivity index (χ1) is 15.4. The number of thiophene rings is 1. The Balaban J connectivity index is 1.40. The Hall–Kier alpha value is -3.50. The molecule has 0 bridgehead atoms. The summed E-state index contributed by atoms with van der Waals surface area (Å²) in [5.41, 5.74) is 0.936. The number of carbonyl (C=O) groups is 1. The van der Waals surface area contributed by atoms with Gasteiger partial charge in [0.05, 0.1) is 15.5 Å². The molecule has 0 aliphatic heterocycles. The fourth-order valence-corrected chi connectivity index (χ4v) is 4.87. The van der Waals surface area contributed by atoms with Crippen molar-refractivity contribution in [2.75, 3.05) is 16.7 Å². The van der Waals surface area contributed by atoms with Crippen LogP contribution >= 0.6 is 11.3 Å². The minimum Gasteiger partial charge on any atom is -0.339 e. The summed E-state index contributed by atoms with van der Waals surface area (Å²) in [6.45, 7) is 0. The number of nitrogens with zero attached hydrogens (tertiary/aromatic N) is 3. The van der Waals surface area contributed by atoms with Gasteiger partial charge in [0.25, 0.3) is 10.0 Å². The molecule has 0 radical (unpaired) electrons. The minimum absolute atomic E-state index is 0.0825. The summed E-state index contributed by atoms with van der Waals surface area (Å²) in [5.74, 6) is 0.576. The van der Waals surface area contributed by atoms with Crippen LogP contribution < -0.4 is 9.62 Å². The lowest BCUT2D eigenvalue weighted by molar-refractivity contribution is -0.116. The van der Waals surface area contributed by atoms with E-state index in [-0.39, 0.29) is 23.6 Å². The average Bonchev–Trinajstić information content (AvgIpc) is 3.50. The third-order valence-electron chi connectivity index (χ3n) is 4.67. The number of aryl methyl sites for hydroxylation is 1. The number of anilines is 2. The highest BCUT2D eigenvalue weighted by Crippen LogP contribution is 2.24. The number of carbonyl (C=O) groups excluding carboxylic acids is 1. The van der Waals surface area contributed by atoms with E-state index in [2.05, 4.69) is 15.5 Å². The van der Waals surface area contributed by atoms with E-state index in [0.29, 0.717) is 23.1 Å². The average molecular weight is 469 g/mol. The molecule has 2 aromatic carbocycles. The second-order valence-electron chi connectivity index (χ2n) is 6.87. The van der Waals surface area contributed by atoms with Gasteiger partial charge >= 0.3 is 0 Å². The van der Waals surface area contributed by atoms with Gasteiger partial charge < -0.3 is 9.84 Å². The van der Waals surface area contributed by atoms with Crippen molar-refractivity contribution in [3.05, 3.63) is 78.0 Å². The Morgan fingerprint density at radius 3 is 2.66 bits per heavy atom. The Morgan fingerprint density at radius 1 is 1.09 bits per heavy atom. The molecule has 4 aromatic rings. The number of hydrogen-bond acceptors (Lipinski definition) is 7. The molecule has 0 saturated heterocycles. The Bertz CT molecular complexity index is 1300. The van der Waals surface area contributed by atoms with Crippen molar-refractivity contribution >= 4 is 38.6 Å².